The minimum absolute atomic E-state index is 0. The molecule has 0 aromatic heterocycles. The Morgan fingerprint density at radius 2 is 1.94 bits per heavy atom. The Balaban J connectivity index is 0.00000144. The molecular formula is C11H15ClN2O3. The predicted octanol–water partition coefficient (Wildman–Crippen LogP) is 1.16. The summed E-state index contributed by atoms with van der Waals surface area (Å²) >= 11 is 0. The van der Waals surface area contributed by atoms with Gasteiger partial charge in [0.2, 0.25) is 6.79 Å². The Labute approximate surface area is 106 Å². The Bertz CT molecular complexity index is 435. The molecule has 1 aromatic rings. The third-order valence-electron chi connectivity index (χ3n) is 2.30. The van der Waals surface area contributed by atoms with Gasteiger partial charge in [0.05, 0.1) is 6.54 Å². The van der Waals surface area contributed by atoms with Crippen molar-refractivity contribution in [2.45, 2.75) is 0 Å². The van der Waals surface area contributed by atoms with Gasteiger partial charge in [0.25, 0.3) is 0 Å². The van der Waals surface area contributed by atoms with Crippen molar-refractivity contribution in [2.24, 2.45) is 0 Å². The second-order valence-electron chi connectivity index (χ2n) is 3.95. The number of carbonyl (C=O) groups excluding carboxylic acids is 1. The fourth-order valence-electron chi connectivity index (χ4n) is 1.57. The topological polar surface area (TPSA) is 64.8 Å². The average molecular weight is 259 g/mol. The maximum absolute atomic E-state index is 11.9. The zero-order chi connectivity index (χ0) is 11.7. The number of nitrogens with zero attached hydrogens (tertiary/aromatic N) is 1. The number of hydrogen-bond acceptors (Lipinski definition) is 5. The number of carbonyl (C=O) groups is 1. The highest BCUT2D eigenvalue weighted by molar-refractivity contribution is 6.02. The van der Waals surface area contributed by atoms with Crippen molar-refractivity contribution >= 4 is 23.9 Å². The monoisotopic (exact) mass is 258 g/mol. The molecule has 2 rings (SSSR count). The standard InChI is InChI=1S/C11H14N2O3.ClH/c1-13(2)5-9(14)7-3-10-11(4-8(7)12)16-6-15-10;/h3-4H,5-6,12H2,1-2H3;1H. The third-order valence-corrected chi connectivity index (χ3v) is 2.30. The van der Waals surface area contributed by atoms with E-state index in [0.717, 1.165) is 0 Å². The zero-order valence-corrected chi connectivity index (χ0v) is 10.5. The van der Waals surface area contributed by atoms with E-state index in [-0.39, 0.29) is 25.0 Å². The quantitative estimate of drug-likeness (QED) is 0.651. The van der Waals surface area contributed by atoms with Crippen molar-refractivity contribution in [3.63, 3.8) is 0 Å². The minimum atomic E-state index is -0.0270. The van der Waals surface area contributed by atoms with E-state index in [1.807, 2.05) is 14.1 Å². The number of ketones is 1. The van der Waals surface area contributed by atoms with Crippen LogP contribution in [-0.2, 0) is 0 Å². The van der Waals surface area contributed by atoms with E-state index in [9.17, 15) is 4.79 Å². The maximum atomic E-state index is 11.9. The van der Waals surface area contributed by atoms with E-state index in [1.54, 1.807) is 17.0 Å². The van der Waals surface area contributed by atoms with E-state index in [0.29, 0.717) is 29.3 Å². The number of rotatable bonds is 3. The lowest BCUT2D eigenvalue weighted by molar-refractivity contribution is 0.0958. The SMILES string of the molecule is CN(C)CC(=O)c1cc2c(cc1N)OCO2.Cl. The summed E-state index contributed by atoms with van der Waals surface area (Å²) in [6.07, 6.45) is 0. The average Bonchev–Trinajstić information content (AvgIpc) is 2.61. The molecule has 1 aliphatic heterocycles. The molecule has 1 aromatic carbocycles. The van der Waals surface area contributed by atoms with Gasteiger partial charge in [-0.05, 0) is 20.2 Å². The van der Waals surface area contributed by atoms with Gasteiger partial charge in [0.15, 0.2) is 17.3 Å². The van der Waals surface area contributed by atoms with Crippen molar-refractivity contribution in [3.05, 3.63) is 17.7 Å². The summed E-state index contributed by atoms with van der Waals surface area (Å²) in [5, 5.41) is 0. The van der Waals surface area contributed by atoms with Gasteiger partial charge in [-0.2, -0.15) is 0 Å². The number of Topliss-reactive ketones (excluding diaryl/α,β-unsaturated/α-hetero) is 1. The Hall–Kier alpha value is -1.46. The van der Waals surface area contributed by atoms with Crippen LogP contribution in [0.2, 0.25) is 0 Å². The van der Waals surface area contributed by atoms with Gasteiger partial charge in [0.1, 0.15) is 0 Å². The first kappa shape index (κ1) is 13.6. The molecule has 0 amide bonds. The fourth-order valence-corrected chi connectivity index (χ4v) is 1.57. The number of halogens is 1. The van der Waals surface area contributed by atoms with Crippen LogP contribution >= 0.6 is 12.4 Å². The molecule has 0 saturated heterocycles. The number of nitrogen functional groups attached to an aromatic ring is 1. The molecule has 0 aliphatic carbocycles. The molecule has 1 heterocycles. The van der Waals surface area contributed by atoms with Gasteiger partial charge < -0.3 is 20.1 Å². The molecule has 0 fully saturated rings. The number of anilines is 1. The van der Waals surface area contributed by atoms with E-state index in [1.165, 1.54) is 0 Å². The van der Waals surface area contributed by atoms with Gasteiger partial charge >= 0.3 is 0 Å². The second kappa shape index (κ2) is 5.25. The normalized spacial score (nSPS) is 12.4. The summed E-state index contributed by atoms with van der Waals surface area (Å²) in [7, 11) is 3.67. The molecule has 17 heavy (non-hydrogen) atoms. The highest BCUT2D eigenvalue weighted by Gasteiger charge is 2.19. The first-order valence-electron chi connectivity index (χ1n) is 4.95. The lowest BCUT2D eigenvalue weighted by Gasteiger charge is -2.10. The van der Waals surface area contributed by atoms with Crippen LogP contribution in [-0.4, -0.2) is 38.1 Å². The minimum Gasteiger partial charge on any atom is -0.454 e. The summed E-state index contributed by atoms with van der Waals surface area (Å²) in [4.78, 5) is 13.7. The van der Waals surface area contributed by atoms with Crippen molar-refractivity contribution in [1.29, 1.82) is 0 Å². The van der Waals surface area contributed by atoms with E-state index in [2.05, 4.69) is 0 Å². The fraction of sp³-hybridized carbons (Fsp3) is 0.364. The van der Waals surface area contributed by atoms with Crippen LogP contribution in [0.4, 0.5) is 5.69 Å². The van der Waals surface area contributed by atoms with Crippen molar-refractivity contribution in [2.75, 3.05) is 33.2 Å². The lowest BCUT2D eigenvalue weighted by atomic mass is 10.1. The van der Waals surface area contributed by atoms with Gasteiger partial charge in [-0.3, -0.25) is 4.79 Å². The summed E-state index contributed by atoms with van der Waals surface area (Å²) in [5.74, 6) is 1.15. The number of likely N-dealkylation sites (N-methyl/N-ethyl adjacent to an activating group) is 1. The zero-order valence-electron chi connectivity index (χ0n) is 9.73. The largest absolute Gasteiger partial charge is 0.454 e. The van der Waals surface area contributed by atoms with Crippen molar-refractivity contribution in [1.82, 2.24) is 4.90 Å². The molecule has 5 nitrogen and oxygen atoms in total. The van der Waals surface area contributed by atoms with Crippen LogP contribution < -0.4 is 15.2 Å². The highest BCUT2D eigenvalue weighted by Crippen LogP contribution is 2.36. The second-order valence-corrected chi connectivity index (χ2v) is 3.95. The van der Waals surface area contributed by atoms with Gasteiger partial charge in [0, 0.05) is 17.3 Å². The van der Waals surface area contributed by atoms with Crippen LogP contribution in [0.15, 0.2) is 12.1 Å². The number of benzene rings is 1. The predicted molar refractivity (Wildman–Crippen MR) is 67.1 cm³/mol. The lowest BCUT2D eigenvalue weighted by Crippen LogP contribution is -2.22. The van der Waals surface area contributed by atoms with E-state index in [4.69, 9.17) is 15.2 Å². The third kappa shape index (κ3) is 2.81. The van der Waals surface area contributed by atoms with Crippen molar-refractivity contribution < 1.29 is 14.3 Å². The molecule has 0 unspecified atom stereocenters. The molecule has 6 heteroatoms. The number of fused-ring (bicyclic) bond motifs is 1. The van der Waals surface area contributed by atoms with E-state index >= 15 is 0 Å². The van der Waals surface area contributed by atoms with Crippen LogP contribution in [0.1, 0.15) is 10.4 Å². The summed E-state index contributed by atoms with van der Waals surface area (Å²) in [5.41, 5.74) is 6.71. The molecule has 0 radical (unpaired) electrons. The number of ether oxygens (including phenoxy) is 2. The van der Waals surface area contributed by atoms with Gasteiger partial charge in [-0.25, -0.2) is 0 Å². The summed E-state index contributed by atoms with van der Waals surface area (Å²) < 4.78 is 10.4. The van der Waals surface area contributed by atoms with E-state index < -0.39 is 0 Å². The molecule has 2 N–H and O–H groups in total. The molecular weight excluding hydrogens is 244 g/mol. The van der Waals surface area contributed by atoms with Gasteiger partial charge in [-0.1, -0.05) is 0 Å². The van der Waals surface area contributed by atoms with Crippen LogP contribution in [0.25, 0.3) is 0 Å². The van der Waals surface area contributed by atoms with Crippen LogP contribution in [0, 0.1) is 0 Å². The molecule has 94 valence electrons. The Morgan fingerprint density at radius 3 is 2.53 bits per heavy atom. The summed E-state index contributed by atoms with van der Waals surface area (Å²) in [6, 6.07) is 3.27. The number of hydrogen-bond donors (Lipinski definition) is 1. The smallest absolute Gasteiger partial charge is 0.231 e. The first-order chi connectivity index (χ1) is 7.58. The molecule has 0 spiro atoms. The highest BCUT2D eigenvalue weighted by atomic mass is 35.5. The molecule has 0 saturated carbocycles. The summed E-state index contributed by atoms with van der Waals surface area (Å²) in [6.45, 7) is 0.504. The Morgan fingerprint density at radius 1 is 1.35 bits per heavy atom. The van der Waals surface area contributed by atoms with Crippen LogP contribution in [0.3, 0.4) is 0 Å². The Kier molecular flexibility index (Phi) is 4.20. The number of nitrogens with two attached hydrogens (primary N) is 1. The molecule has 1 aliphatic rings. The van der Waals surface area contributed by atoms with Crippen LogP contribution in [0.5, 0.6) is 11.5 Å². The first-order valence-corrected chi connectivity index (χ1v) is 4.95. The van der Waals surface area contributed by atoms with Gasteiger partial charge in [-0.15, -0.1) is 12.4 Å². The van der Waals surface area contributed by atoms with Crippen molar-refractivity contribution in [3.8, 4) is 11.5 Å². The molecule has 0 bridgehead atoms. The molecule has 0 atom stereocenters. The maximum Gasteiger partial charge on any atom is 0.231 e.